The minimum absolute atomic E-state index is 0.00921. The normalized spacial score (nSPS) is 34.1. The average Bonchev–Trinajstić information content (AvgIpc) is 3.56. The summed E-state index contributed by atoms with van der Waals surface area (Å²) in [5, 5.41) is 12.6. The minimum atomic E-state index is -3.99. The van der Waals surface area contributed by atoms with Crippen LogP contribution in [0, 0.1) is 17.3 Å². The zero-order valence-corrected chi connectivity index (χ0v) is 31.3. The Balaban J connectivity index is 1.32. The fourth-order valence-corrected chi connectivity index (χ4v) is 11.3. The molecular formula is C39H52ClN3O6S. The first-order chi connectivity index (χ1) is 23.7. The molecule has 272 valence electrons. The number of sulfonamides is 1. The Bertz CT molecular complexity index is 1760. The van der Waals surface area contributed by atoms with E-state index in [2.05, 4.69) is 28.7 Å². The number of amides is 2. The van der Waals surface area contributed by atoms with Gasteiger partial charge in [0.2, 0.25) is 15.9 Å². The summed E-state index contributed by atoms with van der Waals surface area (Å²) in [5.41, 5.74) is 1.56. The Morgan fingerprint density at radius 1 is 1.02 bits per heavy atom. The van der Waals surface area contributed by atoms with Crippen LogP contribution in [0.1, 0.15) is 106 Å². The molecular weight excluding hydrogens is 674 g/mol. The van der Waals surface area contributed by atoms with Crippen LogP contribution < -0.4 is 14.4 Å². The molecule has 6 atom stereocenters. The highest BCUT2D eigenvalue weighted by molar-refractivity contribution is 7.90. The topological polar surface area (TPSA) is 116 Å². The highest BCUT2D eigenvalue weighted by Crippen LogP contribution is 2.56. The van der Waals surface area contributed by atoms with Gasteiger partial charge in [-0.2, -0.15) is 0 Å². The SMILES string of the molecule is C[C@@H]1[C@@H](C)CCC[C@](O)(CC(=O)N2CCCC2)[C@@H]2CCC2(C)CN2C[C@@]3(CCCc4cc(Cl)ccc43)COc3ccc(cc32)C(=O)NS1(=O)=O. The molecule has 0 radical (unpaired) electrons. The van der Waals surface area contributed by atoms with Crippen LogP contribution in [0.2, 0.25) is 5.02 Å². The van der Waals surface area contributed by atoms with Crippen LogP contribution in [0.3, 0.4) is 0 Å². The van der Waals surface area contributed by atoms with Gasteiger partial charge in [-0.1, -0.05) is 37.9 Å². The van der Waals surface area contributed by atoms with Crippen LogP contribution in [-0.2, 0) is 26.7 Å². The van der Waals surface area contributed by atoms with E-state index in [4.69, 9.17) is 16.3 Å². The molecule has 2 N–H and O–H groups in total. The van der Waals surface area contributed by atoms with Gasteiger partial charge in [-0.05, 0) is 123 Å². The fraction of sp³-hybridized carbons (Fsp3) is 0.641. The number of anilines is 1. The molecule has 2 aliphatic carbocycles. The van der Waals surface area contributed by atoms with Gasteiger partial charge in [0.25, 0.3) is 5.91 Å². The third-order valence-corrected chi connectivity index (χ3v) is 15.2. The molecule has 2 fully saturated rings. The number of carbonyl (C=O) groups excluding carboxylic acids is 2. The number of ether oxygens (including phenoxy) is 1. The Labute approximate surface area is 302 Å². The third kappa shape index (κ3) is 6.53. The van der Waals surface area contributed by atoms with Crippen molar-refractivity contribution in [3.8, 4) is 5.75 Å². The lowest BCUT2D eigenvalue weighted by Gasteiger charge is -2.57. The molecule has 7 rings (SSSR count). The van der Waals surface area contributed by atoms with Gasteiger partial charge in [-0.25, -0.2) is 13.1 Å². The van der Waals surface area contributed by atoms with E-state index in [1.807, 2.05) is 17.9 Å². The van der Waals surface area contributed by atoms with Gasteiger partial charge in [-0.3, -0.25) is 9.59 Å². The number of nitrogens with one attached hydrogen (secondary N) is 1. The number of aliphatic hydroxyl groups is 1. The van der Waals surface area contributed by atoms with Crippen LogP contribution in [0.4, 0.5) is 5.69 Å². The van der Waals surface area contributed by atoms with Gasteiger partial charge in [-0.15, -0.1) is 0 Å². The van der Waals surface area contributed by atoms with Gasteiger partial charge >= 0.3 is 0 Å². The molecule has 5 aliphatic rings. The maximum Gasteiger partial charge on any atom is 0.264 e. The van der Waals surface area contributed by atoms with E-state index < -0.39 is 26.8 Å². The summed E-state index contributed by atoms with van der Waals surface area (Å²) >= 11 is 6.46. The van der Waals surface area contributed by atoms with Crippen molar-refractivity contribution in [1.29, 1.82) is 0 Å². The van der Waals surface area contributed by atoms with Crippen LogP contribution >= 0.6 is 11.6 Å². The van der Waals surface area contributed by atoms with Crippen LogP contribution in [0.15, 0.2) is 36.4 Å². The molecule has 2 aromatic carbocycles. The smallest absolute Gasteiger partial charge is 0.264 e. The zero-order chi connectivity index (χ0) is 35.5. The summed E-state index contributed by atoms with van der Waals surface area (Å²) in [5.74, 6) is -0.393. The standard InChI is InChI=1S/C39H52ClN3O6S/c1-26-8-6-16-39(46,22-35(44)42-18-4-5-19-42)34-14-17-37(34,3)23-43-24-38(15-7-9-28-20-30(40)11-12-31(28)38)25-49-33-13-10-29(21-32(33)43)36(45)41-50(47,48)27(26)2/h10-13,20-21,26-27,34,46H,4-9,14-19,22-25H2,1-3H3,(H,41,45)/t26-,27+,34+,37?,38-,39-/m0/s1. The van der Waals surface area contributed by atoms with E-state index in [1.54, 1.807) is 25.1 Å². The van der Waals surface area contributed by atoms with Crippen molar-refractivity contribution in [1.82, 2.24) is 9.62 Å². The monoisotopic (exact) mass is 725 g/mol. The van der Waals surface area contributed by atoms with E-state index in [0.717, 1.165) is 63.7 Å². The lowest BCUT2D eigenvalue weighted by Crippen LogP contribution is -2.59. The summed E-state index contributed by atoms with van der Waals surface area (Å²) in [6, 6.07) is 11.3. The average molecular weight is 726 g/mol. The number of benzene rings is 2. The number of hydrogen-bond donors (Lipinski definition) is 2. The van der Waals surface area contributed by atoms with Gasteiger partial charge < -0.3 is 19.6 Å². The zero-order valence-electron chi connectivity index (χ0n) is 29.7. The predicted octanol–water partition coefficient (Wildman–Crippen LogP) is 6.24. The van der Waals surface area contributed by atoms with Crippen molar-refractivity contribution >= 4 is 39.1 Å². The Morgan fingerprint density at radius 2 is 1.80 bits per heavy atom. The molecule has 0 aromatic heterocycles. The molecule has 3 heterocycles. The number of carbonyl (C=O) groups is 2. The van der Waals surface area contributed by atoms with Gasteiger partial charge in [0.1, 0.15) is 5.75 Å². The second-order valence-corrected chi connectivity index (χ2v) is 18.9. The van der Waals surface area contributed by atoms with Crippen LogP contribution in [0.5, 0.6) is 5.75 Å². The van der Waals surface area contributed by atoms with E-state index in [1.165, 1.54) is 11.1 Å². The molecule has 2 amide bonds. The number of nitrogens with zero attached hydrogens (tertiary/aromatic N) is 2. The Morgan fingerprint density at radius 3 is 2.54 bits per heavy atom. The second-order valence-electron chi connectivity index (χ2n) is 16.4. The first kappa shape index (κ1) is 35.6. The van der Waals surface area contributed by atoms with Gasteiger partial charge in [0.15, 0.2) is 0 Å². The molecule has 3 aliphatic heterocycles. The Kier molecular flexibility index (Phi) is 9.47. The van der Waals surface area contributed by atoms with Gasteiger partial charge in [0, 0.05) is 42.2 Å². The van der Waals surface area contributed by atoms with Crippen molar-refractivity contribution in [2.45, 2.75) is 108 Å². The van der Waals surface area contributed by atoms with Crippen LogP contribution in [-0.4, -0.2) is 73.9 Å². The summed E-state index contributed by atoms with van der Waals surface area (Å²) in [7, 11) is -3.99. The molecule has 2 bridgehead atoms. The van der Waals surface area contributed by atoms with E-state index in [0.29, 0.717) is 49.7 Å². The summed E-state index contributed by atoms with van der Waals surface area (Å²) < 4.78 is 36.0. The molecule has 11 heteroatoms. The molecule has 1 saturated heterocycles. The minimum Gasteiger partial charge on any atom is -0.490 e. The molecule has 9 nitrogen and oxygen atoms in total. The maximum atomic E-state index is 13.7. The van der Waals surface area contributed by atoms with Crippen molar-refractivity contribution in [3.63, 3.8) is 0 Å². The molecule has 2 aromatic rings. The number of likely N-dealkylation sites (tertiary alicyclic amines) is 1. The largest absolute Gasteiger partial charge is 0.490 e. The lowest BCUT2D eigenvalue weighted by atomic mass is 9.53. The molecule has 1 saturated carbocycles. The Hall–Kier alpha value is -2.82. The highest BCUT2D eigenvalue weighted by atomic mass is 35.5. The van der Waals surface area contributed by atoms with Gasteiger partial charge in [0.05, 0.1) is 29.6 Å². The quantitative estimate of drug-likeness (QED) is 0.377. The summed E-state index contributed by atoms with van der Waals surface area (Å²) in [6.45, 7) is 8.90. The molecule has 1 spiro atoms. The van der Waals surface area contributed by atoms with Crippen molar-refractivity contribution in [2.75, 3.05) is 37.7 Å². The third-order valence-electron chi connectivity index (χ3n) is 13.1. The number of halogens is 1. The number of rotatable bonds is 2. The maximum absolute atomic E-state index is 13.7. The number of fused-ring (bicyclic) bond motifs is 4. The van der Waals surface area contributed by atoms with E-state index in [-0.39, 0.29) is 40.6 Å². The van der Waals surface area contributed by atoms with E-state index >= 15 is 0 Å². The van der Waals surface area contributed by atoms with Crippen molar-refractivity contribution < 1.29 is 27.9 Å². The number of hydrogen-bond acceptors (Lipinski definition) is 7. The first-order valence-electron chi connectivity index (χ1n) is 18.6. The predicted molar refractivity (Wildman–Crippen MR) is 195 cm³/mol. The lowest BCUT2D eigenvalue weighted by molar-refractivity contribution is -0.155. The number of aryl methyl sites for hydroxylation is 1. The van der Waals surface area contributed by atoms with Crippen molar-refractivity contribution in [2.24, 2.45) is 17.3 Å². The molecule has 1 unspecified atom stereocenters. The summed E-state index contributed by atoms with van der Waals surface area (Å²) in [4.78, 5) is 31.5. The van der Waals surface area contributed by atoms with Crippen LogP contribution in [0.25, 0.3) is 0 Å². The highest BCUT2D eigenvalue weighted by Gasteiger charge is 2.56. The summed E-state index contributed by atoms with van der Waals surface area (Å²) in [6.07, 6.45) is 8.15. The van der Waals surface area contributed by atoms with Crippen molar-refractivity contribution in [3.05, 3.63) is 58.1 Å². The molecule has 50 heavy (non-hydrogen) atoms. The van der Waals surface area contributed by atoms with E-state index in [9.17, 15) is 23.1 Å². The first-order valence-corrected chi connectivity index (χ1v) is 20.5. The second kappa shape index (κ2) is 13.3. The fourth-order valence-electron chi connectivity index (χ4n) is 9.84.